The maximum Gasteiger partial charge on any atom is 0.265 e. The highest BCUT2D eigenvalue weighted by atomic mass is 32.2. The zero-order valence-corrected chi connectivity index (χ0v) is 19.8. The number of methoxy groups -OCH3 is 1. The van der Waals surface area contributed by atoms with Crippen LogP contribution in [0.15, 0.2) is 76.5 Å². The van der Waals surface area contributed by atoms with Gasteiger partial charge in [0.25, 0.3) is 10.0 Å². The minimum atomic E-state index is -3.97. The molecule has 9 heteroatoms. The lowest BCUT2D eigenvalue weighted by molar-refractivity contribution is -0.115. The normalized spacial score (nSPS) is 14.9. The molecule has 0 aromatic heterocycles. The third-order valence-electron chi connectivity index (χ3n) is 5.08. The van der Waals surface area contributed by atoms with Crippen LogP contribution in [0.3, 0.4) is 0 Å². The molecule has 3 aromatic carbocycles. The number of benzene rings is 3. The van der Waals surface area contributed by atoms with Gasteiger partial charge in [0.2, 0.25) is 5.91 Å². The predicted octanol–water partition coefficient (Wildman–Crippen LogP) is 4.55. The Bertz CT molecular complexity index is 1240. The fourth-order valence-corrected chi connectivity index (χ4v) is 5.96. The topological polar surface area (TPSA) is 93.7 Å². The van der Waals surface area contributed by atoms with Gasteiger partial charge in [0.05, 0.1) is 19.0 Å². The Kier molecular flexibility index (Phi) is 6.80. The number of carbonyl (C=O) groups excluding carboxylic acids is 1. The highest BCUT2D eigenvalue weighted by Gasteiger charge is 2.28. The second-order valence-corrected chi connectivity index (χ2v) is 10.2. The van der Waals surface area contributed by atoms with Gasteiger partial charge in [0, 0.05) is 16.3 Å². The summed E-state index contributed by atoms with van der Waals surface area (Å²) in [7, 11) is -2.58. The molecule has 0 aliphatic carbocycles. The van der Waals surface area contributed by atoms with Crippen molar-refractivity contribution >= 4 is 39.1 Å². The average molecular weight is 485 g/mol. The Balaban J connectivity index is 1.52. The number of hydrogen-bond acceptors (Lipinski definition) is 6. The molecule has 0 bridgehead atoms. The summed E-state index contributed by atoms with van der Waals surface area (Å²) >= 11 is 1.51. The summed E-state index contributed by atoms with van der Waals surface area (Å²) in [5, 5.41) is 2.57. The van der Waals surface area contributed by atoms with E-state index in [1.807, 2.05) is 31.2 Å². The largest absolute Gasteiger partial charge is 0.495 e. The molecule has 7 nitrogen and oxygen atoms in total. The molecule has 172 valence electrons. The van der Waals surface area contributed by atoms with E-state index in [1.54, 1.807) is 30.3 Å². The van der Waals surface area contributed by atoms with E-state index < -0.39 is 10.0 Å². The van der Waals surface area contributed by atoms with Crippen LogP contribution in [0.5, 0.6) is 11.5 Å². The van der Waals surface area contributed by atoms with Crippen molar-refractivity contribution in [1.82, 2.24) is 0 Å². The first-order valence-corrected chi connectivity index (χ1v) is 12.7. The number of ether oxygens (including phenoxy) is 2. The third-order valence-corrected chi connectivity index (χ3v) is 7.80. The van der Waals surface area contributed by atoms with Gasteiger partial charge in [-0.2, -0.15) is 0 Å². The summed E-state index contributed by atoms with van der Waals surface area (Å²) in [5.41, 5.74) is 1.90. The minimum absolute atomic E-state index is 0.0703. The minimum Gasteiger partial charge on any atom is -0.495 e. The van der Waals surface area contributed by atoms with E-state index in [-0.39, 0.29) is 21.8 Å². The molecule has 1 aliphatic rings. The molecule has 0 saturated heterocycles. The molecule has 2 N–H and O–H groups in total. The molecule has 3 aromatic rings. The summed E-state index contributed by atoms with van der Waals surface area (Å²) in [6.45, 7) is 2.39. The van der Waals surface area contributed by atoms with Crippen LogP contribution >= 0.6 is 11.8 Å². The van der Waals surface area contributed by atoms with Gasteiger partial charge in [0.1, 0.15) is 16.4 Å². The van der Waals surface area contributed by atoms with Crippen LogP contribution in [-0.2, 0) is 21.2 Å². The number of rotatable bonds is 8. The second kappa shape index (κ2) is 9.76. The summed E-state index contributed by atoms with van der Waals surface area (Å²) in [4.78, 5) is 13.9. The Hall–Kier alpha value is -3.17. The van der Waals surface area contributed by atoms with Crippen LogP contribution in [-0.4, -0.2) is 33.3 Å². The molecular formula is C24H24N2O5S2. The van der Waals surface area contributed by atoms with Gasteiger partial charge in [-0.05, 0) is 67.4 Å². The predicted molar refractivity (Wildman–Crippen MR) is 130 cm³/mol. The van der Waals surface area contributed by atoms with Crippen molar-refractivity contribution in [3.05, 3.63) is 72.3 Å². The van der Waals surface area contributed by atoms with Crippen molar-refractivity contribution in [2.24, 2.45) is 0 Å². The van der Waals surface area contributed by atoms with Crippen LogP contribution in [0.1, 0.15) is 12.5 Å². The Morgan fingerprint density at radius 3 is 2.48 bits per heavy atom. The highest BCUT2D eigenvalue weighted by Crippen LogP contribution is 2.37. The molecule has 0 spiro atoms. The second-order valence-electron chi connectivity index (χ2n) is 7.34. The maximum atomic E-state index is 13.1. The number of sulfonamides is 1. The lowest BCUT2D eigenvalue weighted by atomic mass is 10.1. The summed E-state index contributed by atoms with van der Waals surface area (Å²) in [6, 6.07) is 19.1. The molecule has 0 saturated carbocycles. The van der Waals surface area contributed by atoms with E-state index in [2.05, 4.69) is 10.0 Å². The van der Waals surface area contributed by atoms with E-state index in [9.17, 15) is 13.2 Å². The number of carbonyl (C=O) groups is 1. The molecule has 1 aliphatic heterocycles. The summed E-state index contributed by atoms with van der Waals surface area (Å²) in [5.74, 6) is 0.646. The lowest BCUT2D eigenvalue weighted by Crippen LogP contribution is -2.25. The van der Waals surface area contributed by atoms with Crippen LogP contribution in [0, 0.1) is 0 Å². The van der Waals surface area contributed by atoms with Crippen molar-refractivity contribution in [2.75, 3.05) is 23.8 Å². The van der Waals surface area contributed by atoms with Crippen molar-refractivity contribution in [3.63, 3.8) is 0 Å². The van der Waals surface area contributed by atoms with Crippen molar-refractivity contribution in [1.29, 1.82) is 0 Å². The van der Waals surface area contributed by atoms with Crippen LogP contribution in [0.25, 0.3) is 0 Å². The van der Waals surface area contributed by atoms with Gasteiger partial charge in [-0.25, -0.2) is 8.42 Å². The lowest BCUT2D eigenvalue weighted by Gasteiger charge is -2.15. The molecule has 1 heterocycles. The number of amides is 1. The molecule has 33 heavy (non-hydrogen) atoms. The third kappa shape index (κ3) is 5.26. The van der Waals surface area contributed by atoms with E-state index >= 15 is 0 Å². The monoisotopic (exact) mass is 484 g/mol. The first-order chi connectivity index (χ1) is 15.9. The van der Waals surface area contributed by atoms with Crippen LogP contribution < -0.4 is 19.5 Å². The zero-order chi connectivity index (χ0) is 23.4. The number of fused-ring (bicyclic) bond motifs is 1. The molecule has 1 unspecified atom stereocenters. The zero-order valence-electron chi connectivity index (χ0n) is 18.2. The van der Waals surface area contributed by atoms with E-state index in [1.165, 1.54) is 31.0 Å². The molecule has 4 rings (SSSR count). The van der Waals surface area contributed by atoms with Gasteiger partial charge in [0.15, 0.2) is 0 Å². The van der Waals surface area contributed by atoms with Crippen molar-refractivity contribution in [2.45, 2.75) is 28.4 Å². The number of thioether (sulfide) groups is 1. The van der Waals surface area contributed by atoms with Gasteiger partial charge in [-0.3, -0.25) is 9.52 Å². The quantitative estimate of drug-likeness (QED) is 0.487. The molecule has 0 fully saturated rings. The standard InChI is InChI=1S/C24H24N2O5S2/c1-3-31-19-11-8-17(9-12-19)26-33(28,29)23-15-18(10-13-20(23)30-2)25-24(27)22-14-16-6-4-5-7-21(16)32-22/h4-13,15,22,26H,3,14H2,1-2H3,(H,25,27). The van der Waals surface area contributed by atoms with Crippen LogP contribution in [0.4, 0.5) is 11.4 Å². The molecule has 0 radical (unpaired) electrons. The van der Waals surface area contributed by atoms with E-state index in [0.29, 0.717) is 30.2 Å². The first-order valence-electron chi connectivity index (χ1n) is 10.4. The molecule has 1 amide bonds. The van der Waals surface area contributed by atoms with Crippen molar-refractivity contribution in [3.8, 4) is 11.5 Å². The van der Waals surface area contributed by atoms with E-state index in [4.69, 9.17) is 9.47 Å². The van der Waals surface area contributed by atoms with Crippen LogP contribution in [0.2, 0.25) is 0 Å². The van der Waals surface area contributed by atoms with Gasteiger partial charge < -0.3 is 14.8 Å². The van der Waals surface area contributed by atoms with Gasteiger partial charge in [-0.1, -0.05) is 18.2 Å². The fraction of sp³-hybridized carbons (Fsp3) is 0.208. The maximum absolute atomic E-state index is 13.1. The van der Waals surface area contributed by atoms with Crippen molar-refractivity contribution < 1.29 is 22.7 Å². The Morgan fingerprint density at radius 1 is 1.06 bits per heavy atom. The SMILES string of the molecule is CCOc1ccc(NS(=O)(=O)c2cc(NC(=O)C3Cc4ccccc4S3)ccc2OC)cc1. The smallest absolute Gasteiger partial charge is 0.265 e. The number of anilines is 2. The first kappa shape index (κ1) is 23.0. The summed E-state index contributed by atoms with van der Waals surface area (Å²) < 4.78 is 39.4. The van der Waals surface area contributed by atoms with Gasteiger partial charge in [-0.15, -0.1) is 11.8 Å². The Morgan fingerprint density at radius 2 is 1.79 bits per heavy atom. The molecular weight excluding hydrogens is 460 g/mol. The Labute approximate surface area is 197 Å². The number of nitrogens with one attached hydrogen (secondary N) is 2. The number of hydrogen-bond donors (Lipinski definition) is 2. The summed E-state index contributed by atoms with van der Waals surface area (Å²) in [6.07, 6.45) is 0.632. The molecule has 1 atom stereocenters. The highest BCUT2D eigenvalue weighted by molar-refractivity contribution is 8.01. The fourth-order valence-electron chi connectivity index (χ4n) is 3.51. The average Bonchev–Trinajstić information content (AvgIpc) is 3.25. The van der Waals surface area contributed by atoms with E-state index in [0.717, 1.165) is 10.5 Å². The van der Waals surface area contributed by atoms with Gasteiger partial charge >= 0.3 is 0 Å².